The van der Waals surface area contributed by atoms with Crippen LogP contribution in [0.5, 0.6) is 0 Å². The minimum atomic E-state index is -0.847. The van der Waals surface area contributed by atoms with Crippen LogP contribution in [0.25, 0.3) is 11.3 Å². The largest absolute Gasteiger partial charge is 0.481 e. The zero-order chi connectivity index (χ0) is 14.0. The number of furan rings is 1. The number of carboxylic acids is 1. The van der Waals surface area contributed by atoms with Gasteiger partial charge in [-0.05, 0) is 30.3 Å². The number of hydrogen-bond donors (Lipinski definition) is 1. The van der Waals surface area contributed by atoms with Crippen LogP contribution < -0.4 is 0 Å². The van der Waals surface area contributed by atoms with E-state index in [4.69, 9.17) is 32.7 Å². The Hall–Kier alpha value is -1.45. The van der Waals surface area contributed by atoms with E-state index in [-0.39, 0.29) is 12.3 Å². The Labute approximate surface area is 120 Å². The predicted molar refractivity (Wildman–Crippen MR) is 74.8 cm³/mol. The summed E-state index contributed by atoms with van der Waals surface area (Å²) in [6.45, 7) is 1.81. The molecule has 5 heteroatoms. The third kappa shape index (κ3) is 3.31. The monoisotopic (exact) mass is 298 g/mol. The summed E-state index contributed by atoms with van der Waals surface area (Å²) in [7, 11) is 0. The van der Waals surface area contributed by atoms with E-state index in [1.54, 1.807) is 30.3 Å². The van der Waals surface area contributed by atoms with Gasteiger partial charge in [-0.2, -0.15) is 0 Å². The number of rotatable bonds is 4. The fourth-order valence-corrected chi connectivity index (χ4v) is 2.08. The van der Waals surface area contributed by atoms with Crippen molar-refractivity contribution >= 4 is 29.2 Å². The first-order chi connectivity index (χ1) is 8.97. The van der Waals surface area contributed by atoms with Crippen molar-refractivity contribution in [2.45, 2.75) is 19.3 Å². The summed E-state index contributed by atoms with van der Waals surface area (Å²) in [4.78, 5) is 10.7. The number of hydrogen-bond acceptors (Lipinski definition) is 2. The van der Waals surface area contributed by atoms with Gasteiger partial charge in [0, 0.05) is 11.5 Å². The van der Waals surface area contributed by atoms with Gasteiger partial charge in [0.25, 0.3) is 0 Å². The molecule has 2 aromatic rings. The summed E-state index contributed by atoms with van der Waals surface area (Å²) in [5.41, 5.74) is 0.808. The van der Waals surface area contributed by atoms with Crippen LogP contribution in [0.4, 0.5) is 0 Å². The molecule has 1 N–H and O–H groups in total. The van der Waals surface area contributed by atoms with Crippen molar-refractivity contribution in [3.8, 4) is 11.3 Å². The van der Waals surface area contributed by atoms with Gasteiger partial charge in [-0.3, -0.25) is 4.79 Å². The average molecular weight is 299 g/mol. The molecule has 0 aliphatic carbocycles. The maximum Gasteiger partial charge on any atom is 0.304 e. The molecule has 0 bridgehead atoms. The van der Waals surface area contributed by atoms with Crippen molar-refractivity contribution in [2.75, 3.05) is 0 Å². The van der Waals surface area contributed by atoms with Crippen LogP contribution in [-0.2, 0) is 4.79 Å². The Morgan fingerprint density at radius 3 is 2.63 bits per heavy atom. The highest BCUT2D eigenvalue weighted by molar-refractivity contribution is 6.42. The molecule has 1 aromatic carbocycles. The SMILES string of the molecule is CC(CC(=O)O)c1ccc(-c2ccc(Cl)c(Cl)c2)o1. The van der Waals surface area contributed by atoms with E-state index in [9.17, 15) is 4.79 Å². The molecule has 0 radical (unpaired) electrons. The fourth-order valence-electron chi connectivity index (χ4n) is 1.78. The van der Waals surface area contributed by atoms with Crippen LogP contribution in [0.2, 0.25) is 10.0 Å². The number of carboxylic acid groups (broad SMARTS) is 1. The first kappa shape index (κ1) is 14.0. The molecule has 0 spiro atoms. The second kappa shape index (κ2) is 5.68. The Morgan fingerprint density at radius 1 is 1.26 bits per heavy atom. The van der Waals surface area contributed by atoms with Gasteiger partial charge in [0.05, 0.1) is 16.5 Å². The van der Waals surface area contributed by atoms with Crippen LogP contribution >= 0.6 is 23.2 Å². The second-order valence-electron chi connectivity index (χ2n) is 4.33. The lowest BCUT2D eigenvalue weighted by Crippen LogP contribution is -2.01. The molecule has 0 aliphatic rings. The Kier molecular flexibility index (Phi) is 4.17. The first-order valence-electron chi connectivity index (χ1n) is 5.74. The van der Waals surface area contributed by atoms with E-state index in [0.717, 1.165) is 5.56 Å². The normalized spacial score (nSPS) is 12.4. The van der Waals surface area contributed by atoms with Crippen molar-refractivity contribution in [1.82, 2.24) is 0 Å². The van der Waals surface area contributed by atoms with Crippen LogP contribution in [0, 0.1) is 0 Å². The van der Waals surface area contributed by atoms with Crippen LogP contribution in [0.15, 0.2) is 34.7 Å². The van der Waals surface area contributed by atoms with E-state index in [2.05, 4.69) is 0 Å². The number of halogens is 2. The van der Waals surface area contributed by atoms with Crippen molar-refractivity contribution in [3.05, 3.63) is 46.1 Å². The van der Waals surface area contributed by atoms with Crippen LogP contribution in [0.3, 0.4) is 0 Å². The van der Waals surface area contributed by atoms with E-state index in [1.165, 1.54) is 0 Å². The molecule has 1 aromatic heterocycles. The molecule has 0 saturated heterocycles. The lowest BCUT2D eigenvalue weighted by atomic mass is 10.1. The summed E-state index contributed by atoms with van der Waals surface area (Å²) in [6, 6.07) is 8.80. The molecule has 2 rings (SSSR count). The number of aliphatic carboxylic acids is 1. The maximum atomic E-state index is 10.7. The molecule has 1 atom stereocenters. The molecule has 19 heavy (non-hydrogen) atoms. The summed E-state index contributed by atoms with van der Waals surface area (Å²) in [6.07, 6.45) is 0.0360. The van der Waals surface area contributed by atoms with E-state index in [1.807, 2.05) is 6.92 Å². The lowest BCUT2D eigenvalue weighted by molar-refractivity contribution is -0.137. The Bertz CT molecular complexity index is 604. The van der Waals surface area contributed by atoms with E-state index >= 15 is 0 Å². The molecular formula is C14H12Cl2O3. The van der Waals surface area contributed by atoms with Crippen molar-refractivity contribution in [1.29, 1.82) is 0 Å². The summed E-state index contributed by atoms with van der Waals surface area (Å²) < 4.78 is 5.66. The van der Waals surface area contributed by atoms with Crippen LogP contribution in [-0.4, -0.2) is 11.1 Å². The van der Waals surface area contributed by atoms with Gasteiger partial charge >= 0.3 is 5.97 Å². The number of benzene rings is 1. The molecular weight excluding hydrogens is 287 g/mol. The third-order valence-corrected chi connectivity index (χ3v) is 3.54. The van der Waals surface area contributed by atoms with Gasteiger partial charge in [0.2, 0.25) is 0 Å². The molecule has 3 nitrogen and oxygen atoms in total. The fraction of sp³-hybridized carbons (Fsp3) is 0.214. The average Bonchev–Trinajstić information content (AvgIpc) is 2.81. The molecule has 0 aliphatic heterocycles. The molecule has 1 heterocycles. The highest BCUT2D eigenvalue weighted by atomic mass is 35.5. The van der Waals surface area contributed by atoms with Crippen LogP contribution in [0.1, 0.15) is 25.0 Å². The molecule has 100 valence electrons. The molecule has 0 saturated carbocycles. The smallest absolute Gasteiger partial charge is 0.304 e. The van der Waals surface area contributed by atoms with Crippen molar-refractivity contribution in [3.63, 3.8) is 0 Å². The van der Waals surface area contributed by atoms with Gasteiger partial charge in [0.15, 0.2) is 0 Å². The van der Waals surface area contributed by atoms with Crippen molar-refractivity contribution in [2.24, 2.45) is 0 Å². The van der Waals surface area contributed by atoms with Gasteiger partial charge in [-0.1, -0.05) is 30.1 Å². The van der Waals surface area contributed by atoms with Crippen molar-refractivity contribution < 1.29 is 14.3 Å². The summed E-state index contributed by atoms with van der Waals surface area (Å²) in [5, 5.41) is 9.70. The zero-order valence-electron chi connectivity index (χ0n) is 10.2. The van der Waals surface area contributed by atoms with Gasteiger partial charge < -0.3 is 9.52 Å². The van der Waals surface area contributed by atoms with E-state index < -0.39 is 5.97 Å². The minimum absolute atomic E-state index is 0.0360. The maximum absolute atomic E-state index is 10.7. The lowest BCUT2D eigenvalue weighted by Gasteiger charge is -2.04. The Balaban J connectivity index is 2.25. The Morgan fingerprint density at radius 2 is 2.00 bits per heavy atom. The van der Waals surface area contributed by atoms with Gasteiger partial charge in [-0.25, -0.2) is 0 Å². The predicted octanol–water partition coefficient (Wildman–Crippen LogP) is 4.83. The van der Waals surface area contributed by atoms with Gasteiger partial charge in [0.1, 0.15) is 11.5 Å². The highest BCUT2D eigenvalue weighted by Crippen LogP contribution is 2.31. The molecule has 1 unspecified atom stereocenters. The molecule has 0 fully saturated rings. The highest BCUT2D eigenvalue weighted by Gasteiger charge is 2.15. The third-order valence-electron chi connectivity index (χ3n) is 2.80. The minimum Gasteiger partial charge on any atom is -0.481 e. The first-order valence-corrected chi connectivity index (χ1v) is 6.50. The zero-order valence-corrected chi connectivity index (χ0v) is 11.7. The summed E-state index contributed by atoms with van der Waals surface area (Å²) in [5.74, 6) is 0.267. The number of carbonyl (C=O) groups is 1. The van der Waals surface area contributed by atoms with E-state index in [0.29, 0.717) is 21.6 Å². The van der Waals surface area contributed by atoms with Gasteiger partial charge in [-0.15, -0.1) is 0 Å². The summed E-state index contributed by atoms with van der Waals surface area (Å²) >= 11 is 11.8. The standard InChI is InChI=1S/C14H12Cl2O3/c1-8(6-14(17)18)12-4-5-13(19-12)9-2-3-10(15)11(16)7-9/h2-5,7-8H,6H2,1H3,(H,17,18). The topological polar surface area (TPSA) is 50.4 Å². The molecule has 0 amide bonds. The quantitative estimate of drug-likeness (QED) is 0.879. The second-order valence-corrected chi connectivity index (χ2v) is 5.14.